The number of furan rings is 1. The van der Waals surface area contributed by atoms with Crippen molar-refractivity contribution in [3.63, 3.8) is 0 Å². The number of aryl methyl sites for hydroxylation is 1. The third-order valence-electron chi connectivity index (χ3n) is 5.36. The van der Waals surface area contributed by atoms with Gasteiger partial charge in [0.2, 0.25) is 5.88 Å². The monoisotopic (exact) mass is 506 g/mol. The summed E-state index contributed by atoms with van der Waals surface area (Å²) in [7, 11) is 0. The lowest BCUT2D eigenvalue weighted by Crippen LogP contribution is -2.35. The highest BCUT2D eigenvalue weighted by Gasteiger charge is 2.23. The van der Waals surface area contributed by atoms with Crippen LogP contribution >= 0.6 is 15.9 Å². The van der Waals surface area contributed by atoms with E-state index in [0.29, 0.717) is 18.8 Å². The molecule has 168 valence electrons. The number of hydrogen-bond donors (Lipinski definition) is 0. The van der Waals surface area contributed by atoms with Gasteiger partial charge < -0.3 is 14.1 Å². The van der Waals surface area contributed by atoms with Crippen molar-refractivity contribution in [3.05, 3.63) is 79.9 Å². The minimum absolute atomic E-state index is 0.117. The highest BCUT2D eigenvalue weighted by Crippen LogP contribution is 2.26. The number of ether oxygens (including phenoxy) is 1. The van der Waals surface area contributed by atoms with Crippen molar-refractivity contribution in [2.24, 2.45) is 0 Å². The summed E-state index contributed by atoms with van der Waals surface area (Å²) in [6, 6.07) is 7.94. The highest BCUT2D eigenvalue weighted by molar-refractivity contribution is 9.10. The van der Waals surface area contributed by atoms with Crippen molar-refractivity contribution in [2.75, 3.05) is 13.1 Å². The van der Waals surface area contributed by atoms with Crippen LogP contribution in [0.4, 0.5) is 8.78 Å². The third kappa shape index (κ3) is 4.48. The van der Waals surface area contributed by atoms with E-state index in [2.05, 4.69) is 15.9 Å². The second kappa shape index (κ2) is 9.28. The molecule has 1 aromatic carbocycles. The Labute approximate surface area is 191 Å². The number of rotatable bonds is 5. The summed E-state index contributed by atoms with van der Waals surface area (Å²) in [5.74, 6) is -0.998. The van der Waals surface area contributed by atoms with Crippen LogP contribution in [0.5, 0.6) is 5.75 Å². The lowest BCUT2D eigenvalue weighted by atomic mass is 10.1. The van der Waals surface area contributed by atoms with Crippen LogP contribution in [-0.4, -0.2) is 28.5 Å². The Bertz CT molecular complexity index is 1220. The predicted molar refractivity (Wildman–Crippen MR) is 117 cm³/mol. The molecular formula is C23H21BrF2N2O4. The molecule has 0 unspecified atom stereocenters. The fourth-order valence-electron chi connectivity index (χ4n) is 3.67. The van der Waals surface area contributed by atoms with Gasteiger partial charge in [-0.25, -0.2) is 13.3 Å². The smallest absolute Gasteiger partial charge is 0.289 e. The molecule has 2 aromatic heterocycles. The molecule has 1 fully saturated rings. The maximum Gasteiger partial charge on any atom is 0.289 e. The van der Waals surface area contributed by atoms with Crippen molar-refractivity contribution in [3.8, 4) is 11.6 Å². The number of piperidine rings is 1. The number of amides is 1. The van der Waals surface area contributed by atoms with Crippen LogP contribution in [0, 0.1) is 18.6 Å². The number of carbonyl (C=O) groups excluding carboxylic acids is 1. The van der Waals surface area contributed by atoms with E-state index >= 15 is 0 Å². The fraction of sp³-hybridized carbons (Fsp3) is 0.304. The molecule has 0 spiro atoms. The second-order valence-electron chi connectivity index (χ2n) is 7.62. The van der Waals surface area contributed by atoms with Gasteiger partial charge in [0.15, 0.2) is 5.76 Å². The van der Waals surface area contributed by atoms with Gasteiger partial charge in [0.05, 0.1) is 0 Å². The van der Waals surface area contributed by atoms with E-state index in [9.17, 15) is 18.4 Å². The lowest BCUT2D eigenvalue weighted by Gasteiger charge is -2.25. The number of halogens is 3. The molecular weight excluding hydrogens is 486 g/mol. The van der Waals surface area contributed by atoms with Gasteiger partial charge >= 0.3 is 0 Å². The van der Waals surface area contributed by atoms with Gasteiger partial charge in [-0.15, -0.1) is 0 Å². The Kier molecular flexibility index (Phi) is 6.45. The number of carbonyl (C=O) groups is 1. The molecule has 6 nitrogen and oxygen atoms in total. The van der Waals surface area contributed by atoms with Crippen LogP contribution < -0.4 is 10.3 Å². The molecule has 0 bridgehead atoms. The minimum Gasteiger partial charge on any atom is -0.487 e. The molecule has 32 heavy (non-hydrogen) atoms. The zero-order chi connectivity index (χ0) is 22.8. The van der Waals surface area contributed by atoms with Crippen LogP contribution in [0.2, 0.25) is 0 Å². The van der Waals surface area contributed by atoms with Gasteiger partial charge in [0.1, 0.15) is 28.5 Å². The molecule has 1 aliphatic heterocycles. The second-order valence-corrected chi connectivity index (χ2v) is 8.41. The number of likely N-dealkylation sites (tertiary alicyclic amines) is 1. The first kappa shape index (κ1) is 22.3. The number of benzene rings is 1. The summed E-state index contributed by atoms with van der Waals surface area (Å²) in [5, 5.41) is 0. The first-order chi connectivity index (χ1) is 15.3. The van der Waals surface area contributed by atoms with E-state index < -0.39 is 17.2 Å². The number of pyridine rings is 1. The topological polar surface area (TPSA) is 64.7 Å². The Morgan fingerprint density at radius 1 is 1.12 bits per heavy atom. The normalized spacial score (nSPS) is 13.9. The largest absolute Gasteiger partial charge is 0.487 e. The summed E-state index contributed by atoms with van der Waals surface area (Å²) in [6.07, 6.45) is 3.04. The van der Waals surface area contributed by atoms with Crippen molar-refractivity contribution in [2.45, 2.75) is 32.8 Å². The summed E-state index contributed by atoms with van der Waals surface area (Å²) < 4.78 is 39.7. The highest BCUT2D eigenvalue weighted by atomic mass is 79.9. The molecule has 1 aliphatic rings. The zero-order valence-electron chi connectivity index (χ0n) is 17.4. The van der Waals surface area contributed by atoms with E-state index in [0.717, 1.165) is 31.4 Å². The predicted octanol–water partition coefficient (Wildman–Crippen LogP) is 4.98. The van der Waals surface area contributed by atoms with Crippen LogP contribution in [0.3, 0.4) is 0 Å². The quantitative estimate of drug-likeness (QED) is 0.489. The molecule has 0 radical (unpaired) electrons. The first-order valence-corrected chi connectivity index (χ1v) is 11.0. The first-order valence-electron chi connectivity index (χ1n) is 10.2. The Hall–Kier alpha value is -2.94. The molecule has 3 heterocycles. The van der Waals surface area contributed by atoms with Crippen LogP contribution in [0.15, 0.2) is 50.1 Å². The maximum absolute atomic E-state index is 13.9. The van der Waals surface area contributed by atoms with E-state index in [-0.39, 0.29) is 39.9 Å². The molecule has 1 amide bonds. The van der Waals surface area contributed by atoms with Crippen molar-refractivity contribution in [1.29, 1.82) is 0 Å². The molecule has 0 atom stereocenters. The number of nitrogens with zero attached hydrogens (tertiary/aromatic N) is 2. The summed E-state index contributed by atoms with van der Waals surface area (Å²) >= 11 is 3.24. The van der Waals surface area contributed by atoms with Gasteiger partial charge in [-0.05, 0) is 60.3 Å². The van der Waals surface area contributed by atoms with Crippen LogP contribution in [0.25, 0.3) is 5.88 Å². The van der Waals surface area contributed by atoms with Gasteiger partial charge in [0, 0.05) is 42.5 Å². The van der Waals surface area contributed by atoms with Crippen molar-refractivity contribution >= 4 is 21.8 Å². The van der Waals surface area contributed by atoms with Gasteiger partial charge in [0.25, 0.3) is 11.5 Å². The third-order valence-corrected chi connectivity index (χ3v) is 6.09. The minimum atomic E-state index is -0.729. The Morgan fingerprint density at radius 3 is 2.59 bits per heavy atom. The molecule has 3 aromatic rings. The summed E-state index contributed by atoms with van der Waals surface area (Å²) in [6.45, 7) is 2.90. The Balaban J connectivity index is 1.57. The molecule has 1 saturated heterocycles. The molecule has 0 aliphatic carbocycles. The average molecular weight is 507 g/mol. The van der Waals surface area contributed by atoms with E-state index in [4.69, 9.17) is 9.15 Å². The van der Waals surface area contributed by atoms with Crippen LogP contribution in [0.1, 0.15) is 41.1 Å². The van der Waals surface area contributed by atoms with Crippen molar-refractivity contribution in [1.82, 2.24) is 9.47 Å². The van der Waals surface area contributed by atoms with E-state index in [1.165, 1.54) is 10.6 Å². The number of aromatic nitrogens is 1. The van der Waals surface area contributed by atoms with Gasteiger partial charge in [-0.1, -0.05) is 0 Å². The molecule has 4 rings (SSSR count). The van der Waals surface area contributed by atoms with Crippen LogP contribution in [-0.2, 0) is 6.61 Å². The fourth-order valence-corrected chi connectivity index (χ4v) is 4.08. The molecule has 0 saturated carbocycles. The van der Waals surface area contributed by atoms with Crippen molar-refractivity contribution < 1.29 is 22.7 Å². The Morgan fingerprint density at radius 2 is 1.88 bits per heavy atom. The summed E-state index contributed by atoms with van der Waals surface area (Å²) in [4.78, 5) is 27.4. The molecule has 0 N–H and O–H groups in total. The summed E-state index contributed by atoms with van der Waals surface area (Å²) in [5.41, 5.74) is 0.206. The number of hydrogen-bond acceptors (Lipinski definition) is 4. The average Bonchev–Trinajstić information content (AvgIpc) is 3.26. The standard InChI is InChI=1S/C23H21BrF2N2O4/c1-14-11-19(31-13-15-5-6-16(25)12-17(15)26)21(24)23(30)28(14)20-8-7-18(32-20)22(29)27-9-3-2-4-10-27/h5-8,11-12H,2-4,9-10,13H2,1H3. The van der Waals surface area contributed by atoms with Gasteiger partial charge in [-0.3, -0.25) is 9.59 Å². The zero-order valence-corrected chi connectivity index (χ0v) is 19.0. The lowest BCUT2D eigenvalue weighted by molar-refractivity contribution is 0.0691. The van der Waals surface area contributed by atoms with E-state index in [1.54, 1.807) is 30.0 Å². The maximum atomic E-state index is 13.9. The van der Waals surface area contributed by atoms with E-state index in [1.807, 2.05) is 0 Å². The SMILES string of the molecule is Cc1cc(OCc2ccc(F)cc2F)c(Br)c(=O)n1-c1ccc(C(=O)N2CCCCC2)o1. The molecule has 9 heteroatoms. The van der Waals surface area contributed by atoms with Gasteiger partial charge in [-0.2, -0.15) is 0 Å².